The molecular formula is C23H25ClFN3O. The molecule has 0 saturated carbocycles. The van der Waals surface area contributed by atoms with Crippen molar-refractivity contribution in [2.75, 3.05) is 31.1 Å². The Morgan fingerprint density at radius 2 is 1.93 bits per heavy atom. The zero-order valence-corrected chi connectivity index (χ0v) is 17.1. The van der Waals surface area contributed by atoms with Crippen LogP contribution in [0.5, 0.6) is 0 Å². The van der Waals surface area contributed by atoms with E-state index >= 15 is 0 Å². The Labute approximate surface area is 174 Å². The number of aliphatic hydroxyl groups is 1. The molecule has 2 aliphatic rings. The number of fused-ring (bicyclic) bond motifs is 1. The van der Waals surface area contributed by atoms with E-state index in [1.165, 1.54) is 25.3 Å². The molecule has 3 aromatic rings. The second-order valence-electron chi connectivity index (χ2n) is 8.32. The molecule has 0 amide bonds. The molecule has 6 heteroatoms. The molecule has 0 atom stereocenters. The molecule has 3 heterocycles. The lowest BCUT2D eigenvalue weighted by Gasteiger charge is -2.40. The van der Waals surface area contributed by atoms with Crippen LogP contribution in [0.3, 0.4) is 0 Å². The van der Waals surface area contributed by atoms with Gasteiger partial charge in [-0.2, -0.15) is 0 Å². The molecule has 0 bridgehead atoms. The van der Waals surface area contributed by atoms with E-state index in [9.17, 15) is 9.50 Å². The topological polar surface area (TPSA) is 40.4 Å². The molecule has 0 unspecified atom stereocenters. The summed E-state index contributed by atoms with van der Waals surface area (Å²) in [5, 5.41) is 15.0. The van der Waals surface area contributed by atoms with E-state index in [2.05, 4.69) is 16.3 Å². The number of anilines is 1. The molecule has 1 spiro atoms. The maximum absolute atomic E-state index is 14.5. The number of nitrogens with zero attached hydrogens (tertiary/aromatic N) is 2. The molecule has 4 nitrogen and oxygen atoms in total. The van der Waals surface area contributed by atoms with Gasteiger partial charge in [-0.1, -0.05) is 17.7 Å². The number of rotatable bonds is 3. The first kappa shape index (κ1) is 18.9. The predicted octanol–water partition coefficient (Wildman–Crippen LogP) is 4.50. The first-order chi connectivity index (χ1) is 14.1. The number of aromatic nitrogens is 1. The monoisotopic (exact) mass is 413 g/mol. The van der Waals surface area contributed by atoms with Crippen molar-refractivity contribution in [2.24, 2.45) is 5.41 Å². The minimum Gasteiger partial charge on any atom is -0.392 e. The van der Waals surface area contributed by atoms with Crippen molar-refractivity contribution in [3.05, 3.63) is 59.0 Å². The third-order valence-electron chi connectivity index (χ3n) is 6.79. The van der Waals surface area contributed by atoms with E-state index < -0.39 is 0 Å². The summed E-state index contributed by atoms with van der Waals surface area (Å²) in [5.41, 5.74) is 3.62. The first-order valence-electron chi connectivity index (χ1n) is 10.3. The molecule has 0 aliphatic carbocycles. The highest BCUT2D eigenvalue weighted by Crippen LogP contribution is 2.40. The van der Waals surface area contributed by atoms with Crippen molar-refractivity contribution >= 4 is 28.2 Å². The summed E-state index contributed by atoms with van der Waals surface area (Å²) in [6, 6.07) is 10.7. The first-order valence-corrected chi connectivity index (χ1v) is 10.6. The van der Waals surface area contributed by atoms with Crippen molar-refractivity contribution in [2.45, 2.75) is 25.9 Å². The van der Waals surface area contributed by atoms with Gasteiger partial charge in [0.05, 0.1) is 17.1 Å². The molecular weight excluding hydrogens is 389 g/mol. The summed E-state index contributed by atoms with van der Waals surface area (Å²) in [6.45, 7) is 4.20. The summed E-state index contributed by atoms with van der Waals surface area (Å²) in [4.78, 5) is 2.39. The molecule has 2 saturated heterocycles. The maximum atomic E-state index is 14.5. The average molecular weight is 414 g/mol. The van der Waals surface area contributed by atoms with E-state index in [1.807, 2.05) is 18.3 Å². The van der Waals surface area contributed by atoms with E-state index in [1.54, 1.807) is 16.7 Å². The van der Waals surface area contributed by atoms with Crippen LogP contribution >= 0.6 is 11.6 Å². The van der Waals surface area contributed by atoms with Gasteiger partial charge in [-0.05, 0) is 61.6 Å². The number of aliphatic hydroxyl groups excluding tert-OH is 1. The number of nitrogens with one attached hydrogen (secondary N) is 1. The van der Waals surface area contributed by atoms with Crippen molar-refractivity contribution < 1.29 is 9.50 Å². The number of hydrogen-bond acceptors (Lipinski definition) is 3. The van der Waals surface area contributed by atoms with E-state index in [0.29, 0.717) is 16.1 Å². The van der Waals surface area contributed by atoms with Crippen LogP contribution < -0.4 is 10.2 Å². The number of benzene rings is 2. The van der Waals surface area contributed by atoms with Crippen molar-refractivity contribution in [3.63, 3.8) is 0 Å². The average Bonchev–Trinajstić information content (AvgIpc) is 3.36. The van der Waals surface area contributed by atoms with Crippen LogP contribution in [-0.4, -0.2) is 35.9 Å². The van der Waals surface area contributed by atoms with Gasteiger partial charge in [-0.15, -0.1) is 0 Å². The third kappa shape index (κ3) is 3.12. The summed E-state index contributed by atoms with van der Waals surface area (Å²) in [7, 11) is 0. The normalized spacial score (nSPS) is 18.8. The SMILES string of the molecule is OCc1c(N2CCC3(CCNC3)CC2)ccc2c1ccn2-c1c(F)cccc1Cl. The van der Waals surface area contributed by atoms with Gasteiger partial charge in [-0.25, -0.2) is 4.39 Å². The second kappa shape index (κ2) is 7.31. The summed E-state index contributed by atoms with van der Waals surface area (Å²) in [5.74, 6) is -0.365. The lowest BCUT2D eigenvalue weighted by atomic mass is 9.77. The summed E-state index contributed by atoms with van der Waals surface area (Å²) < 4.78 is 16.2. The van der Waals surface area contributed by atoms with Crippen LogP contribution in [0.25, 0.3) is 16.6 Å². The Balaban J connectivity index is 1.53. The van der Waals surface area contributed by atoms with Gasteiger partial charge in [-0.3, -0.25) is 0 Å². The molecule has 29 heavy (non-hydrogen) atoms. The molecule has 1 aromatic heterocycles. The van der Waals surface area contributed by atoms with E-state index in [-0.39, 0.29) is 12.4 Å². The molecule has 2 aromatic carbocycles. The van der Waals surface area contributed by atoms with Crippen molar-refractivity contribution in [1.29, 1.82) is 0 Å². The van der Waals surface area contributed by atoms with Gasteiger partial charge >= 0.3 is 0 Å². The lowest BCUT2D eigenvalue weighted by Crippen LogP contribution is -2.41. The molecule has 5 rings (SSSR count). The Hall–Kier alpha value is -2.08. The number of halogens is 2. The molecule has 0 radical (unpaired) electrons. The fourth-order valence-electron chi connectivity index (χ4n) is 5.09. The van der Waals surface area contributed by atoms with Gasteiger partial charge in [0.15, 0.2) is 0 Å². The Bertz CT molecular complexity index is 1030. The highest BCUT2D eigenvalue weighted by Gasteiger charge is 2.37. The largest absolute Gasteiger partial charge is 0.392 e. The maximum Gasteiger partial charge on any atom is 0.148 e. The molecule has 152 valence electrons. The predicted molar refractivity (Wildman–Crippen MR) is 116 cm³/mol. The number of para-hydroxylation sites is 1. The van der Waals surface area contributed by atoms with Crippen LogP contribution in [0.2, 0.25) is 5.02 Å². The molecule has 2 fully saturated rings. The van der Waals surface area contributed by atoms with Crippen LogP contribution in [0.4, 0.5) is 10.1 Å². The number of hydrogen-bond donors (Lipinski definition) is 2. The van der Waals surface area contributed by atoms with E-state index in [0.717, 1.165) is 48.3 Å². The van der Waals surface area contributed by atoms with Crippen LogP contribution in [0.1, 0.15) is 24.8 Å². The minimum absolute atomic E-state index is 0.0507. The second-order valence-corrected chi connectivity index (χ2v) is 8.73. The lowest BCUT2D eigenvalue weighted by molar-refractivity contribution is 0.246. The fraction of sp³-hybridized carbons (Fsp3) is 0.391. The van der Waals surface area contributed by atoms with Crippen molar-refractivity contribution in [1.82, 2.24) is 9.88 Å². The Morgan fingerprint density at radius 1 is 1.10 bits per heavy atom. The van der Waals surface area contributed by atoms with Gasteiger partial charge in [0.1, 0.15) is 11.5 Å². The smallest absolute Gasteiger partial charge is 0.148 e. The summed E-state index contributed by atoms with van der Waals surface area (Å²) >= 11 is 6.28. The van der Waals surface area contributed by atoms with Gasteiger partial charge in [0.2, 0.25) is 0 Å². The number of piperidine rings is 1. The van der Waals surface area contributed by atoms with Crippen LogP contribution in [-0.2, 0) is 6.61 Å². The fourth-order valence-corrected chi connectivity index (χ4v) is 5.34. The van der Waals surface area contributed by atoms with Gasteiger partial charge < -0.3 is 19.9 Å². The molecule has 2 N–H and O–H groups in total. The minimum atomic E-state index is -0.365. The Morgan fingerprint density at radius 3 is 2.62 bits per heavy atom. The van der Waals surface area contributed by atoms with Gasteiger partial charge in [0.25, 0.3) is 0 Å². The van der Waals surface area contributed by atoms with Crippen LogP contribution in [0, 0.1) is 11.2 Å². The highest BCUT2D eigenvalue weighted by molar-refractivity contribution is 6.32. The van der Waals surface area contributed by atoms with Gasteiger partial charge in [0, 0.05) is 42.5 Å². The molecule has 2 aliphatic heterocycles. The zero-order valence-electron chi connectivity index (χ0n) is 16.3. The standard InChI is InChI=1S/C23H25ClFN3O/c24-18-2-1-3-19(25)22(18)28-11-6-16-17(14-29)20(4-5-21(16)28)27-12-8-23(9-13-27)7-10-26-15-23/h1-6,11,26,29H,7-10,12-15H2. The quantitative estimate of drug-likeness (QED) is 0.664. The van der Waals surface area contributed by atoms with E-state index in [4.69, 9.17) is 11.6 Å². The summed E-state index contributed by atoms with van der Waals surface area (Å²) in [6.07, 6.45) is 5.44. The Kier molecular flexibility index (Phi) is 4.77. The highest BCUT2D eigenvalue weighted by atomic mass is 35.5. The van der Waals surface area contributed by atoms with Crippen molar-refractivity contribution in [3.8, 4) is 5.69 Å². The van der Waals surface area contributed by atoms with Crippen LogP contribution in [0.15, 0.2) is 42.6 Å². The zero-order chi connectivity index (χ0) is 20.0. The third-order valence-corrected chi connectivity index (χ3v) is 7.10.